The summed E-state index contributed by atoms with van der Waals surface area (Å²) in [7, 11) is 0. The minimum absolute atomic E-state index is 0.110. The summed E-state index contributed by atoms with van der Waals surface area (Å²) in [4.78, 5) is 11.0. The Kier molecular flexibility index (Phi) is 5.15. The van der Waals surface area contributed by atoms with Crippen LogP contribution in [0, 0.1) is 5.41 Å². The number of thioether (sulfide) groups is 1. The highest BCUT2D eigenvalue weighted by molar-refractivity contribution is 7.98. The average Bonchev–Trinajstić information content (AvgIpc) is 2.49. The number of ether oxygens (including phenoxy) is 2. The zero-order chi connectivity index (χ0) is 14.8. The molecule has 1 heterocycles. The number of nitrogens with one attached hydrogen (secondary N) is 1. The fourth-order valence-electron chi connectivity index (χ4n) is 2.36. The highest BCUT2D eigenvalue weighted by atomic mass is 32.2. The molecule has 19 heavy (non-hydrogen) atoms. The molecule has 0 aliphatic carbocycles. The van der Waals surface area contributed by atoms with Gasteiger partial charge >= 0.3 is 6.09 Å². The van der Waals surface area contributed by atoms with Crippen molar-refractivity contribution >= 4 is 17.9 Å². The van der Waals surface area contributed by atoms with Crippen molar-refractivity contribution in [3.8, 4) is 0 Å². The van der Waals surface area contributed by atoms with Crippen molar-refractivity contribution in [2.75, 3.05) is 12.0 Å². The molecule has 0 saturated carbocycles. The fraction of sp³-hybridized carbons (Fsp3) is 0.923. The molecule has 1 unspecified atom stereocenters. The van der Waals surface area contributed by atoms with Crippen LogP contribution < -0.4 is 5.32 Å². The molecule has 0 aromatic heterocycles. The maximum absolute atomic E-state index is 11.0. The number of rotatable bonds is 4. The SMILES string of the molecule is CSC[C@@H]1OC(C)(C)O[C@H]1C(NC(=O)O)C(C)(C)C. The second-order valence-electron chi connectivity index (χ2n) is 6.39. The van der Waals surface area contributed by atoms with Gasteiger partial charge in [-0.3, -0.25) is 0 Å². The van der Waals surface area contributed by atoms with E-state index in [0.717, 1.165) is 5.75 Å². The summed E-state index contributed by atoms with van der Waals surface area (Å²) >= 11 is 1.67. The molecule has 112 valence electrons. The Hall–Kier alpha value is -0.460. The minimum atomic E-state index is -1.03. The fourth-order valence-corrected chi connectivity index (χ4v) is 2.95. The predicted octanol–water partition coefficient (Wildman–Crippen LogP) is 2.55. The second-order valence-corrected chi connectivity index (χ2v) is 7.30. The van der Waals surface area contributed by atoms with Crippen LogP contribution in [0.2, 0.25) is 0 Å². The Balaban J connectivity index is 2.95. The third-order valence-corrected chi connectivity index (χ3v) is 3.75. The van der Waals surface area contributed by atoms with Gasteiger partial charge in [0.05, 0.1) is 12.1 Å². The lowest BCUT2D eigenvalue weighted by Gasteiger charge is -2.36. The summed E-state index contributed by atoms with van der Waals surface area (Å²) in [5.74, 6) is 0.108. The van der Waals surface area contributed by atoms with E-state index in [4.69, 9.17) is 14.6 Å². The van der Waals surface area contributed by atoms with Crippen molar-refractivity contribution in [2.24, 2.45) is 5.41 Å². The number of carboxylic acid groups (broad SMARTS) is 1. The first-order valence-electron chi connectivity index (χ1n) is 6.41. The zero-order valence-electron chi connectivity index (χ0n) is 12.5. The predicted molar refractivity (Wildman–Crippen MR) is 76.6 cm³/mol. The molecular formula is C13H25NO4S. The molecule has 1 rings (SSSR count). The largest absolute Gasteiger partial charge is 0.465 e. The van der Waals surface area contributed by atoms with E-state index in [2.05, 4.69) is 5.32 Å². The van der Waals surface area contributed by atoms with Gasteiger partial charge in [0.25, 0.3) is 0 Å². The number of carbonyl (C=O) groups is 1. The van der Waals surface area contributed by atoms with Crippen molar-refractivity contribution in [3.05, 3.63) is 0 Å². The molecule has 5 nitrogen and oxygen atoms in total. The smallest absolute Gasteiger partial charge is 0.404 e. The van der Waals surface area contributed by atoms with Gasteiger partial charge in [-0.2, -0.15) is 11.8 Å². The standard InChI is InChI=1S/C13H25NO4S/c1-12(2,3)10(14-11(15)16)9-8(7-19-6)17-13(4,5)18-9/h8-10,14H,7H2,1-6H3,(H,15,16)/t8-,9+,10?/m0/s1. The molecule has 0 radical (unpaired) electrons. The molecule has 1 saturated heterocycles. The summed E-state index contributed by atoms with van der Waals surface area (Å²) in [6.07, 6.45) is 0.582. The topological polar surface area (TPSA) is 67.8 Å². The van der Waals surface area contributed by atoms with Crippen LogP contribution in [0.4, 0.5) is 4.79 Å². The molecule has 1 amide bonds. The van der Waals surface area contributed by atoms with Gasteiger partial charge in [0, 0.05) is 5.75 Å². The van der Waals surface area contributed by atoms with Crippen LogP contribution in [0.15, 0.2) is 0 Å². The summed E-state index contributed by atoms with van der Waals surface area (Å²) in [6, 6.07) is -0.316. The van der Waals surface area contributed by atoms with Crippen LogP contribution in [-0.4, -0.2) is 47.2 Å². The molecule has 2 N–H and O–H groups in total. The van der Waals surface area contributed by atoms with Crippen LogP contribution in [0.25, 0.3) is 0 Å². The minimum Gasteiger partial charge on any atom is -0.465 e. The first kappa shape index (κ1) is 16.6. The van der Waals surface area contributed by atoms with Crippen LogP contribution in [-0.2, 0) is 9.47 Å². The van der Waals surface area contributed by atoms with Gasteiger partial charge < -0.3 is 19.9 Å². The van der Waals surface area contributed by atoms with E-state index in [0.29, 0.717) is 0 Å². The molecular weight excluding hydrogens is 266 g/mol. The highest BCUT2D eigenvalue weighted by Crippen LogP contribution is 2.36. The molecule has 6 heteroatoms. The Morgan fingerprint density at radius 1 is 1.42 bits per heavy atom. The van der Waals surface area contributed by atoms with E-state index in [1.807, 2.05) is 40.9 Å². The number of amides is 1. The average molecular weight is 291 g/mol. The third kappa shape index (κ3) is 4.54. The van der Waals surface area contributed by atoms with Gasteiger partial charge in [0.1, 0.15) is 6.10 Å². The lowest BCUT2D eigenvalue weighted by atomic mass is 9.82. The first-order valence-corrected chi connectivity index (χ1v) is 7.80. The van der Waals surface area contributed by atoms with Gasteiger partial charge in [-0.25, -0.2) is 4.79 Å². The van der Waals surface area contributed by atoms with Crippen molar-refractivity contribution in [1.82, 2.24) is 5.32 Å². The quantitative estimate of drug-likeness (QED) is 0.833. The van der Waals surface area contributed by atoms with Gasteiger partial charge in [0.15, 0.2) is 5.79 Å². The molecule has 0 bridgehead atoms. The van der Waals surface area contributed by atoms with Gasteiger partial charge in [-0.15, -0.1) is 0 Å². The van der Waals surface area contributed by atoms with Crippen molar-refractivity contribution in [2.45, 2.75) is 58.7 Å². The van der Waals surface area contributed by atoms with E-state index in [-0.39, 0.29) is 23.7 Å². The van der Waals surface area contributed by atoms with E-state index < -0.39 is 11.9 Å². The van der Waals surface area contributed by atoms with Crippen LogP contribution in [0.3, 0.4) is 0 Å². The van der Waals surface area contributed by atoms with E-state index in [1.165, 1.54) is 0 Å². The Morgan fingerprint density at radius 2 is 2.00 bits per heavy atom. The lowest BCUT2D eigenvalue weighted by Crippen LogP contribution is -2.54. The van der Waals surface area contributed by atoms with Gasteiger partial charge in [-0.05, 0) is 25.5 Å². The highest BCUT2D eigenvalue weighted by Gasteiger charge is 2.48. The zero-order valence-corrected chi connectivity index (χ0v) is 13.3. The maximum atomic E-state index is 11.0. The van der Waals surface area contributed by atoms with Crippen molar-refractivity contribution in [3.63, 3.8) is 0 Å². The molecule has 1 fully saturated rings. The first-order chi connectivity index (χ1) is 8.57. The normalized spacial score (nSPS) is 28.1. The molecule has 3 atom stereocenters. The van der Waals surface area contributed by atoms with Crippen molar-refractivity contribution in [1.29, 1.82) is 0 Å². The van der Waals surface area contributed by atoms with E-state index in [1.54, 1.807) is 11.8 Å². The van der Waals surface area contributed by atoms with E-state index in [9.17, 15) is 4.79 Å². The van der Waals surface area contributed by atoms with Crippen LogP contribution >= 0.6 is 11.8 Å². The summed E-state index contributed by atoms with van der Waals surface area (Å²) in [6.45, 7) is 9.72. The summed E-state index contributed by atoms with van der Waals surface area (Å²) < 4.78 is 11.8. The van der Waals surface area contributed by atoms with Gasteiger partial charge in [-0.1, -0.05) is 20.8 Å². The summed E-state index contributed by atoms with van der Waals surface area (Å²) in [5, 5.41) is 11.6. The third-order valence-electron chi connectivity index (χ3n) is 3.09. The molecule has 0 spiro atoms. The van der Waals surface area contributed by atoms with Crippen LogP contribution in [0.5, 0.6) is 0 Å². The maximum Gasteiger partial charge on any atom is 0.404 e. The Bertz CT molecular complexity index is 327. The van der Waals surface area contributed by atoms with Crippen LogP contribution in [0.1, 0.15) is 34.6 Å². The van der Waals surface area contributed by atoms with E-state index >= 15 is 0 Å². The molecule has 0 aromatic rings. The summed E-state index contributed by atoms with van der Waals surface area (Å²) in [5.41, 5.74) is -0.247. The molecule has 0 aromatic carbocycles. The lowest BCUT2D eigenvalue weighted by molar-refractivity contribution is -0.149. The monoisotopic (exact) mass is 291 g/mol. The molecule has 1 aliphatic heterocycles. The number of hydrogen-bond acceptors (Lipinski definition) is 4. The second kappa shape index (κ2) is 5.89. The van der Waals surface area contributed by atoms with Crippen molar-refractivity contribution < 1.29 is 19.4 Å². The Labute approximate surface area is 119 Å². The van der Waals surface area contributed by atoms with Gasteiger partial charge in [0.2, 0.25) is 0 Å². The Morgan fingerprint density at radius 3 is 2.42 bits per heavy atom. The number of hydrogen-bond donors (Lipinski definition) is 2. The molecule has 1 aliphatic rings.